The molecule has 0 saturated carbocycles. The van der Waals surface area contributed by atoms with Gasteiger partial charge in [-0.2, -0.15) is 16.9 Å². The normalized spacial score (nSPS) is 15.5. The first-order chi connectivity index (χ1) is 10.8. The first kappa shape index (κ1) is 15.0. The zero-order valence-electron chi connectivity index (χ0n) is 12.4. The quantitative estimate of drug-likeness (QED) is 0.911. The standard InChI is InChI=1S/C16H20N4OS/c21-16(19-14-6-10-22-11-7-14)17-12-13-4-1-2-5-15(13)20-9-3-8-18-20/h1-5,8-9,14H,6-7,10-12H2,(H2,17,19,21). The first-order valence-corrected chi connectivity index (χ1v) is 8.68. The van der Waals surface area contributed by atoms with Crippen LogP contribution < -0.4 is 10.6 Å². The molecule has 116 valence electrons. The molecule has 2 heterocycles. The Kier molecular flexibility index (Phi) is 5.00. The number of nitrogens with zero attached hydrogens (tertiary/aromatic N) is 2. The largest absolute Gasteiger partial charge is 0.335 e. The third-order valence-electron chi connectivity index (χ3n) is 3.74. The van der Waals surface area contributed by atoms with Crippen molar-refractivity contribution in [2.75, 3.05) is 11.5 Å². The first-order valence-electron chi connectivity index (χ1n) is 7.53. The molecule has 0 radical (unpaired) electrons. The maximum absolute atomic E-state index is 12.0. The minimum absolute atomic E-state index is 0.0906. The molecule has 2 amide bonds. The van der Waals surface area contributed by atoms with Gasteiger partial charge in [0.15, 0.2) is 0 Å². The van der Waals surface area contributed by atoms with E-state index in [1.807, 2.05) is 53.0 Å². The molecule has 0 bridgehead atoms. The van der Waals surface area contributed by atoms with E-state index in [1.54, 1.807) is 6.20 Å². The minimum atomic E-state index is -0.0906. The van der Waals surface area contributed by atoms with E-state index in [4.69, 9.17) is 0 Å². The molecule has 0 unspecified atom stereocenters. The summed E-state index contributed by atoms with van der Waals surface area (Å²) in [7, 11) is 0. The average Bonchev–Trinajstić information content (AvgIpc) is 3.08. The number of nitrogens with one attached hydrogen (secondary N) is 2. The van der Waals surface area contributed by atoms with Gasteiger partial charge in [-0.15, -0.1) is 0 Å². The highest BCUT2D eigenvalue weighted by atomic mass is 32.2. The minimum Gasteiger partial charge on any atom is -0.335 e. The lowest BCUT2D eigenvalue weighted by atomic mass is 10.1. The molecule has 3 rings (SSSR count). The van der Waals surface area contributed by atoms with E-state index in [9.17, 15) is 4.79 Å². The number of urea groups is 1. The topological polar surface area (TPSA) is 59.0 Å². The Morgan fingerprint density at radius 1 is 1.27 bits per heavy atom. The molecule has 1 aliphatic rings. The van der Waals surface area contributed by atoms with Gasteiger partial charge in [0.2, 0.25) is 0 Å². The Morgan fingerprint density at radius 2 is 2.09 bits per heavy atom. The molecule has 0 spiro atoms. The van der Waals surface area contributed by atoms with Crippen molar-refractivity contribution in [1.82, 2.24) is 20.4 Å². The highest BCUT2D eigenvalue weighted by Gasteiger charge is 2.15. The van der Waals surface area contributed by atoms with Crippen LogP contribution >= 0.6 is 11.8 Å². The van der Waals surface area contributed by atoms with Crippen LogP contribution in [0.5, 0.6) is 0 Å². The van der Waals surface area contributed by atoms with Gasteiger partial charge in [0.1, 0.15) is 0 Å². The van der Waals surface area contributed by atoms with Crippen LogP contribution in [0.2, 0.25) is 0 Å². The fraction of sp³-hybridized carbons (Fsp3) is 0.375. The van der Waals surface area contributed by atoms with Crippen molar-refractivity contribution in [3.8, 4) is 5.69 Å². The van der Waals surface area contributed by atoms with Crippen molar-refractivity contribution in [1.29, 1.82) is 0 Å². The third-order valence-corrected chi connectivity index (χ3v) is 4.79. The highest BCUT2D eigenvalue weighted by molar-refractivity contribution is 7.99. The zero-order valence-corrected chi connectivity index (χ0v) is 13.2. The molecule has 1 saturated heterocycles. The van der Waals surface area contributed by atoms with Crippen LogP contribution in [0.4, 0.5) is 4.79 Å². The molecule has 1 fully saturated rings. The molecule has 22 heavy (non-hydrogen) atoms. The molecule has 1 aliphatic heterocycles. The van der Waals surface area contributed by atoms with Crippen molar-refractivity contribution in [2.45, 2.75) is 25.4 Å². The number of hydrogen-bond acceptors (Lipinski definition) is 3. The fourth-order valence-corrected chi connectivity index (χ4v) is 3.66. The van der Waals surface area contributed by atoms with Gasteiger partial charge in [-0.25, -0.2) is 9.48 Å². The summed E-state index contributed by atoms with van der Waals surface area (Å²) >= 11 is 1.95. The Labute approximate surface area is 134 Å². The van der Waals surface area contributed by atoms with Crippen LogP contribution in [0.15, 0.2) is 42.7 Å². The van der Waals surface area contributed by atoms with Gasteiger partial charge in [0, 0.05) is 25.0 Å². The number of benzene rings is 1. The van der Waals surface area contributed by atoms with Crippen LogP contribution in [0.1, 0.15) is 18.4 Å². The highest BCUT2D eigenvalue weighted by Crippen LogP contribution is 2.17. The van der Waals surface area contributed by atoms with Crippen LogP contribution in [-0.4, -0.2) is 33.4 Å². The Hall–Kier alpha value is -1.95. The number of thioether (sulfide) groups is 1. The Bertz CT molecular complexity index is 608. The van der Waals surface area contributed by atoms with Gasteiger partial charge in [-0.3, -0.25) is 0 Å². The predicted molar refractivity (Wildman–Crippen MR) is 89.3 cm³/mol. The summed E-state index contributed by atoms with van der Waals surface area (Å²) in [6.07, 6.45) is 5.76. The van der Waals surface area contributed by atoms with E-state index in [0.29, 0.717) is 12.6 Å². The summed E-state index contributed by atoms with van der Waals surface area (Å²) in [4.78, 5) is 12.0. The lowest BCUT2D eigenvalue weighted by Gasteiger charge is -2.22. The molecule has 6 heteroatoms. The molecule has 0 aliphatic carbocycles. The third kappa shape index (κ3) is 3.82. The van der Waals surface area contributed by atoms with Crippen LogP contribution in [0.3, 0.4) is 0 Å². The number of rotatable bonds is 4. The summed E-state index contributed by atoms with van der Waals surface area (Å²) in [5, 5.41) is 10.3. The number of hydrogen-bond donors (Lipinski definition) is 2. The number of para-hydroxylation sites is 1. The van der Waals surface area contributed by atoms with E-state index in [0.717, 1.165) is 35.6 Å². The molecular weight excluding hydrogens is 296 g/mol. The predicted octanol–water partition coefficient (Wildman–Crippen LogP) is 2.57. The summed E-state index contributed by atoms with van der Waals surface area (Å²) in [6, 6.07) is 10.1. The molecule has 2 N–H and O–H groups in total. The zero-order chi connectivity index (χ0) is 15.2. The van der Waals surface area contributed by atoms with E-state index in [1.165, 1.54) is 0 Å². The lowest BCUT2D eigenvalue weighted by Crippen LogP contribution is -2.43. The monoisotopic (exact) mass is 316 g/mol. The fourth-order valence-electron chi connectivity index (χ4n) is 2.55. The molecule has 1 aromatic carbocycles. The van der Waals surface area contributed by atoms with Crippen molar-refractivity contribution in [3.63, 3.8) is 0 Å². The van der Waals surface area contributed by atoms with Crippen LogP contribution in [0, 0.1) is 0 Å². The summed E-state index contributed by atoms with van der Waals surface area (Å²) < 4.78 is 1.81. The molecule has 1 aromatic heterocycles. The van der Waals surface area contributed by atoms with Gasteiger partial charge in [-0.05, 0) is 42.0 Å². The molecule has 2 aromatic rings. The number of carbonyl (C=O) groups is 1. The number of amides is 2. The van der Waals surface area contributed by atoms with Gasteiger partial charge in [-0.1, -0.05) is 18.2 Å². The molecular formula is C16H20N4OS. The smallest absolute Gasteiger partial charge is 0.315 e. The van der Waals surface area contributed by atoms with Gasteiger partial charge >= 0.3 is 6.03 Å². The second-order valence-electron chi connectivity index (χ2n) is 5.29. The second kappa shape index (κ2) is 7.35. The summed E-state index contributed by atoms with van der Waals surface area (Å²) in [6.45, 7) is 0.489. The molecule has 0 atom stereocenters. The summed E-state index contributed by atoms with van der Waals surface area (Å²) in [5.41, 5.74) is 2.03. The lowest BCUT2D eigenvalue weighted by molar-refractivity contribution is 0.235. The SMILES string of the molecule is O=C(NCc1ccccc1-n1cccn1)NC1CCSCC1. The van der Waals surface area contributed by atoms with Crippen molar-refractivity contribution >= 4 is 17.8 Å². The van der Waals surface area contributed by atoms with E-state index >= 15 is 0 Å². The van der Waals surface area contributed by atoms with E-state index in [-0.39, 0.29) is 6.03 Å². The Balaban J connectivity index is 1.58. The van der Waals surface area contributed by atoms with Gasteiger partial charge in [0.05, 0.1) is 5.69 Å². The maximum Gasteiger partial charge on any atom is 0.315 e. The molecule has 5 nitrogen and oxygen atoms in total. The van der Waals surface area contributed by atoms with Gasteiger partial charge < -0.3 is 10.6 Å². The number of carbonyl (C=O) groups excluding carboxylic acids is 1. The van der Waals surface area contributed by atoms with Gasteiger partial charge in [0.25, 0.3) is 0 Å². The second-order valence-corrected chi connectivity index (χ2v) is 6.52. The Morgan fingerprint density at radius 3 is 2.86 bits per heavy atom. The van der Waals surface area contributed by atoms with E-state index < -0.39 is 0 Å². The summed E-state index contributed by atoms with van der Waals surface area (Å²) in [5.74, 6) is 2.26. The van der Waals surface area contributed by atoms with E-state index in [2.05, 4.69) is 15.7 Å². The van der Waals surface area contributed by atoms with Crippen molar-refractivity contribution in [2.24, 2.45) is 0 Å². The maximum atomic E-state index is 12.0. The van der Waals surface area contributed by atoms with Crippen molar-refractivity contribution in [3.05, 3.63) is 48.3 Å². The van der Waals surface area contributed by atoms with Crippen LogP contribution in [-0.2, 0) is 6.54 Å². The number of aromatic nitrogens is 2. The average molecular weight is 316 g/mol. The van der Waals surface area contributed by atoms with Crippen molar-refractivity contribution < 1.29 is 4.79 Å². The van der Waals surface area contributed by atoms with Crippen LogP contribution in [0.25, 0.3) is 5.69 Å².